The van der Waals surface area contributed by atoms with Crippen LogP contribution in [-0.2, 0) is 19.3 Å². The molecule has 0 saturated carbocycles. The largest absolute Gasteiger partial charge is 0.494 e. The van der Waals surface area contributed by atoms with Gasteiger partial charge in [-0.1, -0.05) is 44.9 Å². The van der Waals surface area contributed by atoms with Crippen molar-refractivity contribution in [3.8, 4) is 5.75 Å². The molecule has 0 aliphatic heterocycles. The minimum Gasteiger partial charge on any atom is -0.494 e. The van der Waals surface area contributed by atoms with Gasteiger partial charge in [0, 0.05) is 5.69 Å². The number of benzene rings is 1. The van der Waals surface area contributed by atoms with Crippen LogP contribution < -0.4 is 4.74 Å². The van der Waals surface area contributed by atoms with Crippen LogP contribution in [0.1, 0.15) is 56.5 Å². The molecule has 2 rings (SSSR count). The molecule has 0 aliphatic rings. The molecular formula is C19H28N2O. The number of hydrogen-bond acceptors (Lipinski definition) is 2. The summed E-state index contributed by atoms with van der Waals surface area (Å²) in [5.41, 5.74) is 4.04. The molecule has 0 atom stereocenters. The van der Waals surface area contributed by atoms with Crippen molar-refractivity contribution in [1.82, 2.24) is 10.2 Å². The maximum Gasteiger partial charge on any atom is 0.119 e. The summed E-state index contributed by atoms with van der Waals surface area (Å²) in [6, 6.07) is 10.1. The lowest BCUT2D eigenvalue weighted by atomic mass is 10.0. The Labute approximate surface area is 134 Å². The smallest absolute Gasteiger partial charge is 0.119 e. The van der Waals surface area contributed by atoms with E-state index < -0.39 is 0 Å². The van der Waals surface area contributed by atoms with Crippen LogP contribution in [0.25, 0.3) is 0 Å². The Kier molecular flexibility index (Phi) is 7.01. The van der Waals surface area contributed by atoms with Crippen molar-refractivity contribution in [3.63, 3.8) is 0 Å². The van der Waals surface area contributed by atoms with E-state index in [4.69, 9.17) is 4.74 Å². The molecule has 1 N–H and O–H groups in total. The summed E-state index contributed by atoms with van der Waals surface area (Å²) in [5.74, 6) is 0.973. The molecule has 2 aromatic rings. The van der Waals surface area contributed by atoms with Crippen molar-refractivity contribution in [1.29, 1.82) is 0 Å². The lowest BCUT2D eigenvalue weighted by Gasteiger charge is -2.06. The van der Waals surface area contributed by atoms with Crippen molar-refractivity contribution >= 4 is 0 Å². The molecule has 0 fully saturated rings. The van der Waals surface area contributed by atoms with Crippen molar-refractivity contribution in [2.75, 3.05) is 6.61 Å². The normalized spacial score (nSPS) is 10.8. The van der Waals surface area contributed by atoms with Crippen LogP contribution in [0.4, 0.5) is 0 Å². The Bertz CT molecular complexity index is 512. The first-order valence-corrected chi connectivity index (χ1v) is 8.58. The van der Waals surface area contributed by atoms with Gasteiger partial charge in [0.05, 0.1) is 12.3 Å². The number of aryl methyl sites for hydroxylation is 2. The summed E-state index contributed by atoms with van der Waals surface area (Å²) in [5, 5.41) is 7.61. The van der Waals surface area contributed by atoms with Crippen LogP contribution in [0.5, 0.6) is 5.75 Å². The minimum absolute atomic E-state index is 0.816. The van der Waals surface area contributed by atoms with E-state index in [0.29, 0.717) is 0 Å². The van der Waals surface area contributed by atoms with Crippen LogP contribution in [-0.4, -0.2) is 16.8 Å². The van der Waals surface area contributed by atoms with Crippen LogP contribution in [0.2, 0.25) is 0 Å². The van der Waals surface area contributed by atoms with Gasteiger partial charge in [0.1, 0.15) is 5.75 Å². The van der Waals surface area contributed by atoms with E-state index in [1.807, 2.05) is 30.3 Å². The molecule has 0 amide bonds. The highest BCUT2D eigenvalue weighted by molar-refractivity contribution is 5.25. The molecule has 0 aliphatic carbocycles. The third-order valence-corrected chi connectivity index (χ3v) is 4.06. The van der Waals surface area contributed by atoms with E-state index in [9.17, 15) is 0 Å². The van der Waals surface area contributed by atoms with E-state index in [1.165, 1.54) is 36.2 Å². The SMILES string of the molecule is CCc1n[nH]c(CC)c1CCCCCCOc1ccccc1. The number of para-hydroxylation sites is 1. The topological polar surface area (TPSA) is 37.9 Å². The molecule has 1 heterocycles. The van der Waals surface area contributed by atoms with Crippen LogP contribution in [0.15, 0.2) is 30.3 Å². The monoisotopic (exact) mass is 300 g/mol. The maximum atomic E-state index is 5.72. The summed E-state index contributed by atoms with van der Waals surface area (Å²) < 4.78 is 5.72. The number of nitrogens with one attached hydrogen (secondary N) is 1. The Balaban J connectivity index is 1.60. The fraction of sp³-hybridized carbons (Fsp3) is 0.526. The van der Waals surface area contributed by atoms with Crippen LogP contribution >= 0.6 is 0 Å². The summed E-state index contributed by atoms with van der Waals surface area (Å²) in [7, 11) is 0. The van der Waals surface area contributed by atoms with Crippen molar-refractivity contribution in [2.24, 2.45) is 0 Å². The van der Waals surface area contributed by atoms with E-state index in [2.05, 4.69) is 24.0 Å². The first-order chi connectivity index (χ1) is 10.8. The number of unbranched alkanes of at least 4 members (excludes halogenated alkanes) is 3. The zero-order valence-corrected chi connectivity index (χ0v) is 13.9. The number of aromatic nitrogens is 2. The third-order valence-electron chi connectivity index (χ3n) is 4.06. The molecule has 3 nitrogen and oxygen atoms in total. The van der Waals surface area contributed by atoms with Crippen molar-refractivity contribution < 1.29 is 4.74 Å². The predicted octanol–water partition coefficient (Wildman–Crippen LogP) is 4.72. The number of rotatable bonds is 10. The summed E-state index contributed by atoms with van der Waals surface area (Å²) >= 11 is 0. The first kappa shape index (κ1) is 16.6. The summed E-state index contributed by atoms with van der Waals surface area (Å²) in [6.45, 7) is 5.19. The number of hydrogen-bond donors (Lipinski definition) is 1. The second-order valence-corrected chi connectivity index (χ2v) is 5.66. The predicted molar refractivity (Wildman–Crippen MR) is 91.5 cm³/mol. The number of H-pyrrole nitrogens is 1. The highest BCUT2D eigenvalue weighted by atomic mass is 16.5. The Morgan fingerprint density at radius 1 is 0.955 bits per heavy atom. The number of ether oxygens (including phenoxy) is 1. The van der Waals surface area contributed by atoms with Gasteiger partial charge in [-0.2, -0.15) is 5.10 Å². The molecule has 120 valence electrons. The number of aromatic amines is 1. The molecular weight excluding hydrogens is 272 g/mol. The highest BCUT2D eigenvalue weighted by Gasteiger charge is 2.09. The zero-order valence-electron chi connectivity index (χ0n) is 13.9. The molecule has 0 radical (unpaired) electrons. The zero-order chi connectivity index (χ0) is 15.6. The second kappa shape index (κ2) is 9.29. The lowest BCUT2D eigenvalue weighted by Crippen LogP contribution is -1.98. The summed E-state index contributed by atoms with van der Waals surface area (Å²) in [6.07, 6.45) is 8.09. The lowest BCUT2D eigenvalue weighted by molar-refractivity contribution is 0.304. The van der Waals surface area contributed by atoms with Gasteiger partial charge in [0.25, 0.3) is 0 Å². The molecule has 1 aromatic heterocycles. The van der Waals surface area contributed by atoms with Gasteiger partial charge in [-0.3, -0.25) is 5.10 Å². The maximum absolute atomic E-state index is 5.72. The van der Waals surface area contributed by atoms with Gasteiger partial charge in [-0.15, -0.1) is 0 Å². The Morgan fingerprint density at radius 2 is 1.73 bits per heavy atom. The molecule has 3 heteroatoms. The van der Waals surface area contributed by atoms with E-state index in [1.54, 1.807) is 0 Å². The molecule has 0 saturated heterocycles. The first-order valence-electron chi connectivity index (χ1n) is 8.58. The molecule has 0 bridgehead atoms. The molecule has 22 heavy (non-hydrogen) atoms. The van der Waals surface area contributed by atoms with E-state index >= 15 is 0 Å². The Hall–Kier alpha value is -1.77. The van der Waals surface area contributed by atoms with E-state index in [-0.39, 0.29) is 0 Å². The quantitative estimate of drug-likeness (QED) is 0.645. The average Bonchev–Trinajstić information content (AvgIpc) is 2.97. The Morgan fingerprint density at radius 3 is 2.45 bits per heavy atom. The average molecular weight is 300 g/mol. The number of nitrogens with zero attached hydrogens (tertiary/aromatic N) is 1. The third kappa shape index (κ3) is 4.90. The van der Waals surface area contributed by atoms with E-state index in [0.717, 1.165) is 38.0 Å². The van der Waals surface area contributed by atoms with Crippen LogP contribution in [0.3, 0.4) is 0 Å². The van der Waals surface area contributed by atoms with Gasteiger partial charge in [-0.25, -0.2) is 0 Å². The standard InChI is InChI=1S/C19H28N2O/c1-3-18-17(19(4-2)21-20-18)14-10-5-6-11-15-22-16-12-8-7-9-13-16/h7-9,12-13H,3-6,10-11,14-15H2,1-2H3,(H,20,21). The van der Waals surface area contributed by atoms with Gasteiger partial charge < -0.3 is 4.74 Å². The van der Waals surface area contributed by atoms with Crippen molar-refractivity contribution in [2.45, 2.75) is 58.8 Å². The minimum atomic E-state index is 0.816. The van der Waals surface area contributed by atoms with Gasteiger partial charge in [-0.05, 0) is 49.8 Å². The molecule has 0 spiro atoms. The fourth-order valence-corrected chi connectivity index (χ4v) is 2.79. The highest BCUT2D eigenvalue weighted by Crippen LogP contribution is 2.17. The van der Waals surface area contributed by atoms with Crippen LogP contribution in [0, 0.1) is 0 Å². The van der Waals surface area contributed by atoms with Crippen molar-refractivity contribution in [3.05, 3.63) is 47.3 Å². The second-order valence-electron chi connectivity index (χ2n) is 5.66. The van der Waals surface area contributed by atoms with Gasteiger partial charge in [0.15, 0.2) is 0 Å². The fourth-order valence-electron chi connectivity index (χ4n) is 2.79. The van der Waals surface area contributed by atoms with Gasteiger partial charge in [0.2, 0.25) is 0 Å². The van der Waals surface area contributed by atoms with Gasteiger partial charge >= 0.3 is 0 Å². The summed E-state index contributed by atoms with van der Waals surface area (Å²) in [4.78, 5) is 0. The molecule has 1 aromatic carbocycles. The molecule has 0 unspecified atom stereocenters.